The molecular weight excluding hydrogens is 352 g/mol. The molecule has 0 saturated carbocycles. The van der Waals surface area contributed by atoms with Crippen LogP contribution in [0.15, 0.2) is 0 Å². The number of rotatable bonds is 20. The number of esters is 2. The molecule has 0 aromatic heterocycles. The summed E-state index contributed by atoms with van der Waals surface area (Å²) >= 11 is 0. The fourth-order valence-corrected chi connectivity index (χ4v) is 2.15. The number of unbranched alkanes of at least 4 members (excludes halogenated alkanes) is 4. The van der Waals surface area contributed by atoms with Crippen LogP contribution in [0, 0.1) is 0 Å². The Morgan fingerprint density at radius 3 is 1.19 bits per heavy atom. The van der Waals surface area contributed by atoms with Gasteiger partial charge in [0.2, 0.25) is 0 Å². The second-order valence-electron chi connectivity index (χ2n) is 6.19. The minimum atomic E-state index is -0.160. The van der Waals surface area contributed by atoms with E-state index in [1.807, 2.05) is 0 Å². The highest BCUT2D eigenvalue weighted by Crippen LogP contribution is 2.01. The van der Waals surface area contributed by atoms with E-state index in [0.29, 0.717) is 52.5 Å². The SMILES string of the molecule is CCCCCC(=O)OCCOCCOCCOCCOC(=O)CCCCC. The second-order valence-corrected chi connectivity index (χ2v) is 6.19. The Bertz CT molecular complexity index is 315. The zero-order valence-electron chi connectivity index (χ0n) is 17.2. The summed E-state index contributed by atoms with van der Waals surface area (Å²) in [6.45, 7) is 7.33. The summed E-state index contributed by atoms with van der Waals surface area (Å²) in [5.41, 5.74) is 0. The highest BCUT2D eigenvalue weighted by atomic mass is 16.6. The summed E-state index contributed by atoms with van der Waals surface area (Å²) in [6.07, 6.45) is 7.01. The zero-order valence-corrected chi connectivity index (χ0v) is 17.2. The molecule has 0 aliphatic carbocycles. The molecule has 0 radical (unpaired) electrons. The van der Waals surface area contributed by atoms with Crippen LogP contribution in [-0.4, -0.2) is 64.8 Å². The van der Waals surface area contributed by atoms with E-state index < -0.39 is 0 Å². The fourth-order valence-electron chi connectivity index (χ4n) is 2.15. The monoisotopic (exact) mass is 390 g/mol. The first-order valence-electron chi connectivity index (χ1n) is 10.2. The zero-order chi connectivity index (χ0) is 20.0. The Morgan fingerprint density at radius 2 is 0.852 bits per heavy atom. The van der Waals surface area contributed by atoms with Crippen LogP contribution < -0.4 is 0 Å². The van der Waals surface area contributed by atoms with E-state index in [4.69, 9.17) is 23.7 Å². The molecule has 0 aliphatic rings. The predicted molar refractivity (Wildman–Crippen MR) is 103 cm³/mol. The minimum Gasteiger partial charge on any atom is -0.463 e. The molecule has 7 heteroatoms. The Kier molecular flexibility index (Phi) is 20.2. The Hall–Kier alpha value is -1.18. The third-order valence-electron chi connectivity index (χ3n) is 3.69. The number of hydrogen-bond donors (Lipinski definition) is 0. The van der Waals surface area contributed by atoms with Crippen LogP contribution in [-0.2, 0) is 33.3 Å². The first-order valence-corrected chi connectivity index (χ1v) is 10.2. The van der Waals surface area contributed by atoms with Gasteiger partial charge in [-0.2, -0.15) is 0 Å². The topological polar surface area (TPSA) is 80.3 Å². The lowest BCUT2D eigenvalue weighted by molar-refractivity contribution is -0.146. The molecule has 0 atom stereocenters. The van der Waals surface area contributed by atoms with E-state index in [9.17, 15) is 9.59 Å². The van der Waals surface area contributed by atoms with Gasteiger partial charge in [0, 0.05) is 12.8 Å². The van der Waals surface area contributed by atoms with Crippen LogP contribution in [0.1, 0.15) is 65.2 Å². The maximum absolute atomic E-state index is 11.4. The average molecular weight is 391 g/mol. The van der Waals surface area contributed by atoms with Gasteiger partial charge in [0.05, 0.1) is 39.6 Å². The molecular formula is C20H38O7. The van der Waals surface area contributed by atoms with Crippen molar-refractivity contribution >= 4 is 11.9 Å². The van der Waals surface area contributed by atoms with Gasteiger partial charge in [-0.15, -0.1) is 0 Å². The van der Waals surface area contributed by atoms with Crippen molar-refractivity contribution in [3.8, 4) is 0 Å². The van der Waals surface area contributed by atoms with E-state index >= 15 is 0 Å². The van der Waals surface area contributed by atoms with Gasteiger partial charge in [0.15, 0.2) is 0 Å². The minimum absolute atomic E-state index is 0.160. The standard InChI is InChI=1S/C20H38O7/c1-3-5-7-9-19(21)26-17-15-24-13-11-23-12-14-25-16-18-27-20(22)10-8-6-4-2/h3-18H2,1-2H3. The molecule has 27 heavy (non-hydrogen) atoms. The Balaban J connectivity index is 3.16. The molecule has 0 unspecified atom stereocenters. The van der Waals surface area contributed by atoms with Gasteiger partial charge in [0.25, 0.3) is 0 Å². The molecule has 0 spiro atoms. The Labute approximate surface area is 164 Å². The van der Waals surface area contributed by atoms with Gasteiger partial charge in [-0.25, -0.2) is 0 Å². The molecule has 0 rings (SSSR count). The molecule has 0 aromatic carbocycles. The molecule has 0 aliphatic heterocycles. The van der Waals surface area contributed by atoms with Gasteiger partial charge in [0.1, 0.15) is 13.2 Å². The maximum Gasteiger partial charge on any atom is 0.305 e. The molecule has 0 fully saturated rings. The summed E-state index contributed by atoms with van der Waals surface area (Å²) < 4.78 is 26.1. The van der Waals surface area contributed by atoms with E-state index in [1.54, 1.807) is 0 Å². The van der Waals surface area contributed by atoms with Crippen molar-refractivity contribution in [3.63, 3.8) is 0 Å². The lowest BCUT2D eigenvalue weighted by atomic mass is 10.2. The van der Waals surface area contributed by atoms with Crippen LogP contribution in [0.3, 0.4) is 0 Å². The largest absolute Gasteiger partial charge is 0.463 e. The summed E-state index contributed by atoms with van der Waals surface area (Å²) in [6, 6.07) is 0. The van der Waals surface area contributed by atoms with Crippen LogP contribution in [0.25, 0.3) is 0 Å². The van der Waals surface area contributed by atoms with Crippen molar-refractivity contribution in [3.05, 3.63) is 0 Å². The molecule has 0 saturated heterocycles. The fraction of sp³-hybridized carbons (Fsp3) is 0.900. The van der Waals surface area contributed by atoms with Gasteiger partial charge in [-0.3, -0.25) is 9.59 Å². The van der Waals surface area contributed by atoms with Crippen LogP contribution in [0.5, 0.6) is 0 Å². The first-order chi connectivity index (χ1) is 13.2. The second kappa shape index (κ2) is 21.1. The van der Waals surface area contributed by atoms with Crippen LogP contribution >= 0.6 is 0 Å². The normalized spacial score (nSPS) is 10.7. The van der Waals surface area contributed by atoms with E-state index in [2.05, 4.69) is 13.8 Å². The average Bonchev–Trinajstić information content (AvgIpc) is 2.66. The summed E-state index contributed by atoms with van der Waals surface area (Å²) in [5, 5.41) is 0. The number of carbonyl (C=O) groups excluding carboxylic acids is 2. The predicted octanol–water partition coefficient (Wildman–Crippen LogP) is 3.28. The lowest BCUT2D eigenvalue weighted by Crippen LogP contribution is -2.15. The molecule has 0 N–H and O–H groups in total. The molecule has 0 heterocycles. The summed E-state index contributed by atoms with van der Waals surface area (Å²) in [5.74, 6) is -0.320. The smallest absolute Gasteiger partial charge is 0.305 e. The van der Waals surface area contributed by atoms with Crippen molar-refractivity contribution in [1.29, 1.82) is 0 Å². The summed E-state index contributed by atoms with van der Waals surface area (Å²) in [4.78, 5) is 22.7. The number of hydrogen-bond acceptors (Lipinski definition) is 7. The third kappa shape index (κ3) is 21.0. The Morgan fingerprint density at radius 1 is 0.519 bits per heavy atom. The van der Waals surface area contributed by atoms with Gasteiger partial charge < -0.3 is 23.7 Å². The van der Waals surface area contributed by atoms with Crippen LogP contribution in [0.4, 0.5) is 0 Å². The van der Waals surface area contributed by atoms with Gasteiger partial charge in [-0.05, 0) is 12.8 Å². The molecule has 7 nitrogen and oxygen atoms in total. The van der Waals surface area contributed by atoms with Crippen LogP contribution in [0.2, 0.25) is 0 Å². The molecule has 0 aromatic rings. The van der Waals surface area contributed by atoms with E-state index in [1.165, 1.54) is 0 Å². The van der Waals surface area contributed by atoms with E-state index in [0.717, 1.165) is 38.5 Å². The van der Waals surface area contributed by atoms with Crippen molar-refractivity contribution in [2.45, 2.75) is 65.2 Å². The number of carbonyl (C=O) groups is 2. The van der Waals surface area contributed by atoms with E-state index in [-0.39, 0.29) is 25.2 Å². The van der Waals surface area contributed by atoms with Crippen molar-refractivity contribution in [2.75, 3.05) is 52.9 Å². The summed E-state index contributed by atoms with van der Waals surface area (Å²) in [7, 11) is 0. The quantitative estimate of drug-likeness (QED) is 0.233. The maximum atomic E-state index is 11.4. The highest BCUT2D eigenvalue weighted by Gasteiger charge is 2.02. The van der Waals surface area contributed by atoms with Gasteiger partial charge >= 0.3 is 11.9 Å². The van der Waals surface area contributed by atoms with Crippen molar-refractivity contribution in [1.82, 2.24) is 0 Å². The molecule has 160 valence electrons. The van der Waals surface area contributed by atoms with Crippen molar-refractivity contribution in [2.24, 2.45) is 0 Å². The highest BCUT2D eigenvalue weighted by molar-refractivity contribution is 5.69. The van der Waals surface area contributed by atoms with Gasteiger partial charge in [-0.1, -0.05) is 39.5 Å². The van der Waals surface area contributed by atoms with Crippen molar-refractivity contribution < 1.29 is 33.3 Å². The molecule has 0 amide bonds. The first kappa shape index (κ1) is 25.8. The number of ether oxygens (including phenoxy) is 5. The third-order valence-corrected chi connectivity index (χ3v) is 3.69. The lowest BCUT2D eigenvalue weighted by Gasteiger charge is -2.08. The molecule has 0 bridgehead atoms.